The summed E-state index contributed by atoms with van der Waals surface area (Å²) in [4.78, 5) is 15.2. The van der Waals surface area contributed by atoms with Gasteiger partial charge in [0.15, 0.2) is 0 Å². The van der Waals surface area contributed by atoms with Crippen LogP contribution in [0.4, 0.5) is 0 Å². The first-order valence-electron chi connectivity index (χ1n) is 8.78. The molecule has 1 aromatic heterocycles. The fourth-order valence-electron chi connectivity index (χ4n) is 2.65. The number of imidazole rings is 1. The fourth-order valence-corrected chi connectivity index (χ4v) is 2.85. The minimum atomic E-state index is -0.751. The van der Waals surface area contributed by atoms with Crippen molar-refractivity contribution >= 4 is 23.6 Å². The summed E-state index contributed by atoms with van der Waals surface area (Å²) in [5, 5.41) is 9.46. The van der Waals surface area contributed by atoms with Crippen molar-refractivity contribution in [3.63, 3.8) is 0 Å². The van der Waals surface area contributed by atoms with Crippen LogP contribution in [0.25, 0.3) is 6.08 Å². The van der Waals surface area contributed by atoms with E-state index in [9.17, 15) is 4.79 Å². The number of aliphatic carboxylic acids is 1. The van der Waals surface area contributed by atoms with Gasteiger partial charge in [-0.1, -0.05) is 49.2 Å². The second-order valence-corrected chi connectivity index (χ2v) is 6.48. The van der Waals surface area contributed by atoms with Gasteiger partial charge < -0.3 is 9.67 Å². The number of carboxylic acids is 1. The maximum atomic E-state index is 10.6. The number of carboxylic acid groups (broad SMARTS) is 1. The molecule has 0 radical (unpaired) electrons. The van der Waals surface area contributed by atoms with E-state index in [-0.39, 0.29) is 6.42 Å². The van der Waals surface area contributed by atoms with E-state index in [4.69, 9.17) is 16.7 Å². The normalized spacial score (nSPS) is 11.3. The highest BCUT2D eigenvalue weighted by atomic mass is 35.5. The maximum Gasteiger partial charge on any atom is 0.303 e. The molecule has 2 aromatic rings. The second kappa shape index (κ2) is 10.0. The molecule has 0 amide bonds. The molecule has 134 valence electrons. The number of hydrogen-bond acceptors (Lipinski definition) is 2. The highest BCUT2D eigenvalue weighted by Gasteiger charge is 2.10. The number of halogens is 1. The summed E-state index contributed by atoms with van der Waals surface area (Å²) in [5.74, 6) is 0.311. The molecule has 2 rings (SSSR count). The molecule has 1 aromatic carbocycles. The van der Waals surface area contributed by atoms with E-state index in [1.165, 1.54) is 0 Å². The van der Waals surface area contributed by atoms with Gasteiger partial charge in [0.05, 0.1) is 18.4 Å². The molecule has 0 aliphatic rings. The number of aromatic nitrogens is 2. The van der Waals surface area contributed by atoms with Gasteiger partial charge >= 0.3 is 5.97 Å². The largest absolute Gasteiger partial charge is 0.481 e. The Kier molecular flexibility index (Phi) is 7.74. The van der Waals surface area contributed by atoms with Gasteiger partial charge in [-0.05, 0) is 37.0 Å². The SMILES string of the molecule is CCCCc1ncc(/C=C/CCCC(=O)O)n1Cc1ccccc1Cl. The van der Waals surface area contributed by atoms with Gasteiger partial charge in [0.2, 0.25) is 0 Å². The van der Waals surface area contributed by atoms with Crippen molar-refractivity contribution in [3.8, 4) is 0 Å². The molecule has 0 bridgehead atoms. The third-order valence-electron chi connectivity index (χ3n) is 4.06. The number of nitrogens with zero attached hydrogens (tertiary/aromatic N) is 2. The lowest BCUT2D eigenvalue weighted by Gasteiger charge is -2.12. The Morgan fingerprint density at radius 2 is 2.12 bits per heavy atom. The third-order valence-corrected chi connectivity index (χ3v) is 4.43. The molecule has 0 saturated heterocycles. The molecule has 0 aliphatic heterocycles. The molecule has 0 saturated carbocycles. The summed E-state index contributed by atoms with van der Waals surface area (Å²) in [5.41, 5.74) is 2.10. The zero-order chi connectivity index (χ0) is 18.1. The van der Waals surface area contributed by atoms with Crippen LogP contribution in [0.15, 0.2) is 36.5 Å². The minimum absolute atomic E-state index is 0.199. The van der Waals surface area contributed by atoms with Crippen LogP contribution in [-0.4, -0.2) is 20.6 Å². The molecule has 25 heavy (non-hydrogen) atoms. The Bertz CT molecular complexity index is 722. The third kappa shape index (κ3) is 6.05. The highest BCUT2D eigenvalue weighted by molar-refractivity contribution is 6.31. The second-order valence-electron chi connectivity index (χ2n) is 6.07. The Hall–Kier alpha value is -2.07. The van der Waals surface area contributed by atoms with Gasteiger partial charge in [-0.3, -0.25) is 4.79 Å². The van der Waals surface area contributed by atoms with E-state index in [2.05, 4.69) is 16.5 Å². The summed E-state index contributed by atoms with van der Waals surface area (Å²) in [6.45, 7) is 2.86. The standard InChI is InChI=1S/C20H25ClN2O2/c1-2-3-12-19-22-14-17(10-5-4-6-13-20(24)25)23(19)15-16-9-7-8-11-18(16)21/h5,7-11,14H,2-4,6,12-13,15H2,1H3,(H,24,25)/b10-5+. The van der Waals surface area contributed by atoms with Crippen LogP contribution in [0.3, 0.4) is 0 Å². The van der Waals surface area contributed by atoms with Crippen molar-refractivity contribution in [2.45, 2.75) is 52.0 Å². The molecule has 4 nitrogen and oxygen atoms in total. The molecule has 0 spiro atoms. The van der Waals surface area contributed by atoms with Crippen LogP contribution >= 0.6 is 11.6 Å². The van der Waals surface area contributed by atoms with E-state index in [1.807, 2.05) is 42.6 Å². The van der Waals surface area contributed by atoms with Gasteiger partial charge in [0.25, 0.3) is 0 Å². The average molecular weight is 361 g/mol. The zero-order valence-electron chi connectivity index (χ0n) is 14.6. The van der Waals surface area contributed by atoms with Crippen LogP contribution in [-0.2, 0) is 17.8 Å². The van der Waals surface area contributed by atoms with Crippen LogP contribution in [0.5, 0.6) is 0 Å². The van der Waals surface area contributed by atoms with Crippen molar-refractivity contribution in [1.82, 2.24) is 9.55 Å². The molecule has 0 atom stereocenters. The van der Waals surface area contributed by atoms with Crippen molar-refractivity contribution in [1.29, 1.82) is 0 Å². The Balaban J connectivity index is 2.15. The van der Waals surface area contributed by atoms with E-state index >= 15 is 0 Å². The van der Waals surface area contributed by atoms with Crippen LogP contribution < -0.4 is 0 Å². The maximum absolute atomic E-state index is 10.6. The first kappa shape index (κ1) is 19.3. The summed E-state index contributed by atoms with van der Waals surface area (Å²) in [6, 6.07) is 7.86. The highest BCUT2D eigenvalue weighted by Crippen LogP contribution is 2.20. The number of aryl methyl sites for hydroxylation is 1. The van der Waals surface area contributed by atoms with Crippen LogP contribution in [0.2, 0.25) is 5.02 Å². The molecule has 1 N–H and O–H groups in total. The summed E-state index contributed by atoms with van der Waals surface area (Å²) < 4.78 is 2.20. The zero-order valence-corrected chi connectivity index (χ0v) is 15.4. The van der Waals surface area contributed by atoms with Crippen molar-refractivity contribution in [3.05, 3.63) is 58.6 Å². The molecule has 1 heterocycles. The first-order valence-corrected chi connectivity index (χ1v) is 9.15. The number of carbonyl (C=O) groups is 1. The van der Waals surface area contributed by atoms with E-state index in [1.54, 1.807) is 0 Å². The number of hydrogen-bond donors (Lipinski definition) is 1. The van der Waals surface area contributed by atoms with Crippen molar-refractivity contribution < 1.29 is 9.90 Å². The Morgan fingerprint density at radius 3 is 2.84 bits per heavy atom. The lowest BCUT2D eigenvalue weighted by Crippen LogP contribution is -2.07. The fraction of sp³-hybridized carbons (Fsp3) is 0.400. The predicted molar refractivity (Wildman–Crippen MR) is 102 cm³/mol. The number of benzene rings is 1. The quantitative estimate of drug-likeness (QED) is 0.593. The van der Waals surface area contributed by atoms with Crippen LogP contribution in [0, 0.1) is 0 Å². The number of rotatable bonds is 10. The lowest BCUT2D eigenvalue weighted by atomic mass is 10.2. The first-order chi connectivity index (χ1) is 12.1. The monoisotopic (exact) mass is 360 g/mol. The smallest absolute Gasteiger partial charge is 0.303 e. The Labute approximate surface area is 154 Å². The van der Waals surface area contributed by atoms with Gasteiger partial charge in [-0.25, -0.2) is 4.98 Å². The summed E-state index contributed by atoms with van der Waals surface area (Å²) in [6.07, 6.45) is 10.7. The van der Waals surface area contributed by atoms with Crippen LogP contribution in [0.1, 0.15) is 56.1 Å². The molecule has 0 unspecified atom stereocenters. The predicted octanol–water partition coefficient (Wildman–Crippen LogP) is 5.20. The van der Waals surface area contributed by atoms with Crippen molar-refractivity contribution in [2.24, 2.45) is 0 Å². The van der Waals surface area contributed by atoms with Gasteiger partial charge in [0, 0.05) is 17.9 Å². The molecule has 5 heteroatoms. The Morgan fingerprint density at radius 1 is 1.32 bits per heavy atom. The lowest BCUT2D eigenvalue weighted by molar-refractivity contribution is -0.137. The minimum Gasteiger partial charge on any atom is -0.481 e. The number of unbranched alkanes of at least 4 members (excludes halogenated alkanes) is 2. The summed E-state index contributed by atoms with van der Waals surface area (Å²) in [7, 11) is 0. The van der Waals surface area contributed by atoms with Gasteiger partial charge in [-0.15, -0.1) is 0 Å². The van der Waals surface area contributed by atoms with E-state index in [0.717, 1.165) is 47.8 Å². The molecular formula is C20H25ClN2O2. The summed E-state index contributed by atoms with van der Waals surface area (Å²) >= 11 is 6.32. The topological polar surface area (TPSA) is 55.1 Å². The van der Waals surface area contributed by atoms with Crippen molar-refractivity contribution in [2.75, 3.05) is 0 Å². The molecule has 0 aliphatic carbocycles. The van der Waals surface area contributed by atoms with Gasteiger partial charge in [-0.2, -0.15) is 0 Å². The number of allylic oxidation sites excluding steroid dienone is 1. The van der Waals surface area contributed by atoms with E-state index in [0.29, 0.717) is 13.0 Å². The molecular weight excluding hydrogens is 336 g/mol. The average Bonchev–Trinajstić information content (AvgIpc) is 2.96. The van der Waals surface area contributed by atoms with Gasteiger partial charge in [0.1, 0.15) is 5.82 Å². The molecule has 0 fully saturated rings. The van der Waals surface area contributed by atoms with E-state index < -0.39 is 5.97 Å².